The highest BCUT2D eigenvalue weighted by atomic mass is 19.4. The second-order valence-corrected chi connectivity index (χ2v) is 5.96. The van der Waals surface area contributed by atoms with E-state index in [1.165, 1.54) is 13.1 Å². The quantitative estimate of drug-likeness (QED) is 0.789. The smallest absolute Gasteiger partial charge is 0.304 e. The first-order valence-electron chi connectivity index (χ1n) is 7.79. The zero-order valence-electron chi connectivity index (χ0n) is 13.7. The van der Waals surface area contributed by atoms with Crippen molar-refractivity contribution in [2.45, 2.75) is 37.9 Å². The first-order valence-corrected chi connectivity index (χ1v) is 7.79. The summed E-state index contributed by atoms with van der Waals surface area (Å²) in [4.78, 5) is 12.3. The van der Waals surface area contributed by atoms with Gasteiger partial charge in [-0.2, -0.15) is 10.2 Å². The van der Waals surface area contributed by atoms with Gasteiger partial charge >= 0.3 is 6.36 Å². The number of carbonyl (C=O) groups excluding carboxylic acids is 1. The van der Waals surface area contributed by atoms with Gasteiger partial charge in [-0.15, -0.1) is 13.2 Å². The summed E-state index contributed by atoms with van der Waals surface area (Å²) in [7, 11) is 1.43. The molecule has 0 unspecified atom stereocenters. The molecule has 0 bridgehead atoms. The van der Waals surface area contributed by atoms with Gasteiger partial charge in [0.25, 0.3) is 5.91 Å². The Balaban J connectivity index is 1.63. The van der Waals surface area contributed by atoms with Gasteiger partial charge in [0.05, 0.1) is 5.69 Å². The van der Waals surface area contributed by atoms with Gasteiger partial charge in [-0.05, 0) is 25.3 Å². The summed E-state index contributed by atoms with van der Waals surface area (Å²) in [5.74, 6) is -0.370. The number of ether oxygens (including phenoxy) is 1. The van der Waals surface area contributed by atoms with Crippen molar-refractivity contribution in [2.24, 2.45) is 7.05 Å². The Kier molecular flexibility index (Phi) is 4.99. The average molecular weight is 374 g/mol. The number of hydrogen-bond acceptors (Lipinski definition) is 4. The molecule has 2 aromatic rings. The number of aromatic amines is 1. The highest BCUT2D eigenvalue weighted by Crippen LogP contribution is 2.35. The first-order chi connectivity index (χ1) is 12.2. The van der Waals surface area contributed by atoms with Gasteiger partial charge in [0.2, 0.25) is 0 Å². The number of alkyl halides is 4. The van der Waals surface area contributed by atoms with Crippen LogP contribution in [0.25, 0.3) is 0 Å². The number of nitrogens with one attached hydrogen (secondary N) is 2. The van der Waals surface area contributed by atoms with Crippen molar-refractivity contribution in [2.75, 3.05) is 5.32 Å². The summed E-state index contributed by atoms with van der Waals surface area (Å²) in [6, 6.07) is 2.81. The number of H-pyrrole nitrogens is 1. The topological polar surface area (TPSA) is 84.8 Å². The Morgan fingerprint density at radius 3 is 2.88 bits per heavy atom. The van der Waals surface area contributed by atoms with E-state index in [1.807, 2.05) is 0 Å². The number of nitrogens with zero attached hydrogens (tertiary/aromatic N) is 3. The van der Waals surface area contributed by atoms with Crippen molar-refractivity contribution >= 4 is 11.7 Å². The summed E-state index contributed by atoms with van der Waals surface area (Å²) in [6.07, 6.45) is -3.19. The van der Waals surface area contributed by atoms with Crippen LogP contribution in [0.3, 0.4) is 0 Å². The molecule has 1 radical (unpaired) electrons. The zero-order chi connectivity index (χ0) is 18.9. The molecular formula is C15H16F4N5O2. The van der Waals surface area contributed by atoms with Gasteiger partial charge in [0.15, 0.2) is 5.82 Å². The summed E-state index contributed by atoms with van der Waals surface area (Å²) in [6.45, 7) is -0.792. The van der Waals surface area contributed by atoms with Crippen LogP contribution < -0.4 is 5.32 Å². The van der Waals surface area contributed by atoms with Crippen LogP contribution in [0.2, 0.25) is 0 Å². The van der Waals surface area contributed by atoms with Gasteiger partial charge in [-0.25, -0.2) is 4.39 Å². The number of rotatable bonds is 5. The predicted octanol–water partition coefficient (Wildman–Crippen LogP) is 2.85. The van der Waals surface area contributed by atoms with E-state index in [9.17, 15) is 22.4 Å². The molecule has 11 heteroatoms. The monoisotopic (exact) mass is 374 g/mol. The lowest BCUT2D eigenvalue weighted by atomic mass is 10.0. The second-order valence-electron chi connectivity index (χ2n) is 5.96. The fraction of sp³-hybridized carbons (Fsp3) is 0.467. The minimum Gasteiger partial charge on any atom is -0.304 e. The Bertz CT molecular complexity index is 785. The number of amides is 1. The molecule has 2 atom stereocenters. The maximum absolute atomic E-state index is 13.2. The van der Waals surface area contributed by atoms with Crippen LogP contribution in [0.1, 0.15) is 40.6 Å². The van der Waals surface area contributed by atoms with E-state index >= 15 is 0 Å². The highest BCUT2D eigenvalue weighted by molar-refractivity contribution is 6.02. The van der Waals surface area contributed by atoms with E-state index in [2.05, 4.69) is 25.3 Å². The zero-order valence-corrected chi connectivity index (χ0v) is 13.7. The summed E-state index contributed by atoms with van der Waals surface area (Å²) in [5.41, 5.74) is 0.725. The number of carbonyl (C=O) groups is 1. The number of halogens is 4. The molecule has 7 nitrogen and oxygen atoms in total. The van der Waals surface area contributed by atoms with Crippen molar-refractivity contribution in [3.8, 4) is 0 Å². The fourth-order valence-corrected chi connectivity index (χ4v) is 2.79. The van der Waals surface area contributed by atoms with E-state index in [1.54, 1.807) is 12.5 Å². The third kappa shape index (κ3) is 4.40. The average Bonchev–Trinajstić information content (AvgIpc) is 3.24. The molecule has 1 aliphatic carbocycles. The molecule has 141 valence electrons. The van der Waals surface area contributed by atoms with Crippen LogP contribution in [-0.4, -0.2) is 38.4 Å². The summed E-state index contributed by atoms with van der Waals surface area (Å²) in [5, 5.41) is 13.1. The molecule has 2 N–H and O–H groups in total. The van der Waals surface area contributed by atoms with Crippen molar-refractivity contribution in [3.05, 3.63) is 35.6 Å². The third-order valence-electron chi connectivity index (χ3n) is 4.01. The Labute approximate surface area is 145 Å². The number of aromatic nitrogens is 4. The molecule has 2 heterocycles. The van der Waals surface area contributed by atoms with Crippen molar-refractivity contribution in [3.63, 3.8) is 0 Å². The Morgan fingerprint density at radius 1 is 1.46 bits per heavy atom. The second kappa shape index (κ2) is 7.06. The molecule has 0 saturated heterocycles. The lowest BCUT2D eigenvalue weighted by Crippen LogP contribution is -2.16. The van der Waals surface area contributed by atoms with Crippen LogP contribution >= 0.6 is 0 Å². The molecule has 0 spiro atoms. The molecular weight excluding hydrogens is 358 g/mol. The summed E-state index contributed by atoms with van der Waals surface area (Å²) >= 11 is 0. The molecule has 1 saturated carbocycles. The van der Waals surface area contributed by atoms with Crippen LogP contribution in [0, 0.1) is 6.42 Å². The molecule has 0 aromatic carbocycles. The predicted molar refractivity (Wildman–Crippen MR) is 81.8 cm³/mol. The minimum atomic E-state index is -4.78. The number of hydrogen-bond donors (Lipinski definition) is 2. The minimum absolute atomic E-state index is 0.0222. The van der Waals surface area contributed by atoms with Gasteiger partial charge in [0, 0.05) is 24.7 Å². The third-order valence-corrected chi connectivity index (χ3v) is 4.01. The molecule has 1 aliphatic rings. The van der Waals surface area contributed by atoms with E-state index < -0.39 is 25.0 Å². The molecule has 2 aromatic heterocycles. The van der Waals surface area contributed by atoms with Gasteiger partial charge in [-0.1, -0.05) is 0 Å². The molecule has 0 aliphatic heterocycles. The van der Waals surface area contributed by atoms with Crippen LogP contribution in [-0.2, 0) is 18.4 Å². The standard InChI is InChI=1S/C15H16F4N5O2/c1-24-12(5-10(23-24)7-26-15(17,18)19)14(25)20-13-6-11(21-22-13)8-2-3-9(16)4-8/h3,5-6,8-9H,2,4,7H2,1H3,(H2,20,21,22,25)/t8-,9-/m0/s1. The Morgan fingerprint density at radius 2 is 2.23 bits per heavy atom. The number of aryl methyl sites for hydroxylation is 1. The molecule has 1 amide bonds. The first kappa shape index (κ1) is 18.4. The van der Waals surface area contributed by atoms with Gasteiger partial charge in [-0.3, -0.25) is 19.3 Å². The van der Waals surface area contributed by atoms with Crippen molar-refractivity contribution in [1.82, 2.24) is 20.0 Å². The maximum atomic E-state index is 13.2. The lowest BCUT2D eigenvalue weighted by Gasteiger charge is -2.04. The summed E-state index contributed by atoms with van der Waals surface area (Å²) < 4.78 is 54.3. The van der Waals surface area contributed by atoms with E-state index in [-0.39, 0.29) is 23.1 Å². The van der Waals surface area contributed by atoms with Crippen molar-refractivity contribution in [1.29, 1.82) is 0 Å². The van der Waals surface area contributed by atoms with E-state index in [0.717, 1.165) is 4.68 Å². The van der Waals surface area contributed by atoms with Crippen LogP contribution in [0.5, 0.6) is 0 Å². The normalized spacial score (nSPS) is 20.5. The molecule has 26 heavy (non-hydrogen) atoms. The fourth-order valence-electron chi connectivity index (χ4n) is 2.79. The maximum Gasteiger partial charge on any atom is 0.522 e. The highest BCUT2D eigenvalue weighted by Gasteiger charge is 2.30. The van der Waals surface area contributed by atoms with Crippen LogP contribution in [0.15, 0.2) is 12.1 Å². The Hall–Kier alpha value is -2.43. The SMILES string of the molecule is Cn1nc(COC(F)(F)F)cc1C(=O)Nc1cc([C@H]2C[CH][C@H](F)C2)[nH]n1. The van der Waals surface area contributed by atoms with Crippen molar-refractivity contribution < 1.29 is 27.1 Å². The van der Waals surface area contributed by atoms with Gasteiger partial charge in [0.1, 0.15) is 18.5 Å². The van der Waals surface area contributed by atoms with E-state index in [4.69, 9.17) is 0 Å². The van der Waals surface area contributed by atoms with Crippen LogP contribution in [0.4, 0.5) is 23.4 Å². The molecule has 1 fully saturated rings. The lowest BCUT2D eigenvalue weighted by molar-refractivity contribution is -0.330. The van der Waals surface area contributed by atoms with E-state index in [0.29, 0.717) is 18.5 Å². The largest absolute Gasteiger partial charge is 0.522 e. The molecule has 3 rings (SSSR count). The van der Waals surface area contributed by atoms with Gasteiger partial charge < -0.3 is 5.32 Å². The number of anilines is 1.